The van der Waals surface area contributed by atoms with Crippen LogP contribution in [0, 0.1) is 11.3 Å². The van der Waals surface area contributed by atoms with Crippen LogP contribution in [0.1, 0.15) is 17.5 Å². The Morgan fingerprint density at radius 3 is 2.83 bits per heavy atom. The fraction of sp³-hybridized carbons (Fsp3) is 0.393. The van der Waals surface area contributed by atoms with Crippen LogP contribution in [0.4, 0.5) is 16.0 Å². The van der Waals surface area contributed by atoms with Gasteiger partial charge in [0.05, 0.1) is 25.3 Å². The van der Waals surface area contributed by atoms with E-state index in [0.29, 0.717) is 17.3 Å². The van der Waals surface area contributed by atoms with Crippen molar-refractivity contribution in [1.29, 1.82) is 5.26 Å². The Labute approximate surface area is 231 Å². The van der Waals surface area contributed by atoms with Gasteiger partial charge in [-0.05, 0) is 35.9 Å². The highest BCUT2D eigenvalue weighted by atomic mass is 19.1. The van der Waals surface area contributed by atoms with E-state index in [1.807, 2.05) is 12.1 Å². The summed E-state index contributed by atoms with van der Waals surface area (Å²) in [6, 6.07) is 15.0. The van der Waals surface area contributed by atoms with Crippen LogP contribution in [-0.2, 0) is 16.1 Å². The molecule has 3 heterocycles. The zero-order valence-corrected chi connectivity index (χ0v) is 21.9. The monoisotopic (exact) mass is 547 g/mol. The molecule has 2 saturated heterocycles. The molecule has 2 unspecified atom stereocenters. The third-order valence-corrected chi connectivity index (χ3v) is 6.87. The van der Waals surface area contributed by atoms with Gasteiger partial charge in [0, 0.05) is 43.9 Å². The number of rotatable bonds is 8. The smallest absolute Gasteiger partial charge is 0.248 e. The van der Waals surface area contributed by atoms with Crippen molar-refractivity contribution >= 4 is 17.5 Å². The lowest BCUT2D eigenvalue weighted by molar-refractivity contribution is -0.138. The molecule has 0 radical (unpaired) electrons. The van der Waals surface area contributed by atoms with Crippen molar-refractivity contribution in [1.82, 2.24) is 24.8 Å². The number of aromatic nitrogens is 3. The van der Waals surface area contributed by atoms with Crippen LogP contribution in [-0.4, -0.2) is 94.0 Å². The Bertz CT molecular complexity index is 1380. The largest absolute Gasteiger partial charge is 0.486 e. The number of nitriles is 1. The maximum Gasteiger partial charge on any atom is 0.248 e. The molecule has 1 amide bonds. The quantitative estimate of drug-likeness (QED) is 0.432. The number of aliphatic hydroxyl groups excluding tert-OH is 1. The van der Waals surface area contributed by atoms with Crippen LogP contribution < -0.4 is 10.1 Å². The average Bonchev–Trinajstić information content (AvgIpc) is 2.98. The molecule has 2 aliphatic rings. The predicted octanol–water partition coefficient (Wildman–Crippen LogP) is 2.30. The van der Waals surface area contributed by atoms with Gasteiger partial charge in [0.15, 0.2) is 12.0 Å². The second-order valence-electron chi connectivity index (χ2n) is 9.63. The summed E-state index contributed by atoms with van der Waals surface area (Å²) in [5, 5.41) is 22.0. The lowest BCUT2D eigenvalue weighted by Crippen LogP contribution is -2.50. The number of hydrogen-bond acceptors (Lipinski definition) is 10. The summed E-state index contributed by atoms with van der Waals surface area (Å²) in [6.45, 7) is 3.57. The summed E-state index contributed by atoms with van der Waals surface area (Å²) >= 11 is 0. The number of nitrogens with one attached hydrogen (secondary N) is 1. The molecule has 2 N–H and O–H groups in total. The molecule has 2 aromatic carbocycles. The van der Waals surface area contributed by atoms with Gasteiger partial charge in [-0.1, -0.05) is 12.1 Å². The minimum atomic E-state index is -1.44. The average molecular weight is 548 g/mol. The Balaban J connectivity index is 1.26. The second-order valence-corrected chi connectivity index (χ2v) is 9.63. The Kier molecular flexibility index (Phi) is 8.75. The van der Waals surface area contributed by atoms with Crippen LogP contribution in [0.25, 0.3) is 11.4 Å². The molecule has 2 fully saturated rings. The van der Waals surface area contributed by atoms with Crippen LogP contribution in [0.2, 0.25) is 0 Å². The number of ether oxygens (including phenoxy) is 2. The van der Waals surface area contributed by atoms with Crippen molar-refractivity contribution < 1.29 is 23.8 Å². The third kappa shape index (κ3) is 6.69. The second kappa shape index (κ2) is 12.8. The number of piperidine rings is 1. The Morgan fingerprint density at radius 2 is 2.05 bits per heavy atom. The molecule has 0 spiro atoms. The number of anilines is 2. The molecule has 2 atom stereocenters. The zero-order valence-electron chi connectivity index (χ0n) is 21.9. The summed E-state index contributed by atoms with van der Waals surface area (Å²) in [5.74, 6) is 0.446. The normalized spacial score (nSPS) is 19.6. The molecule has 0 aliphatic carbocycles. The van der Waals surface area contributed by atoms with Gasteiger partial charge in [-0.25, -0.2) is 14.4 Å². The van der Waals surface area contributed by atoms with E-state index in [4.69, 9.17) is 14.6 Å². The summed E-state index contributed by atoms with van der Waals surface area (Å²) in [7, 11) is 0. The van der Waals surface area contributed by atoms with Crippen molar-refractivity contribution in [2.24, 2.45) is 0 Å². The van der Waals surface area contributed by atoms with Gasteiger partial charge >= 0.3 is 0 Å². The SMILES string of the molecule is N#Cc1cc(-c2ncnc(Nc3cccc(CN4CCOCC4)c3)n2)ccc1OC1CCN(C(=O)CO)CC1F. The van der Waals surface area contributed by atoms with E-state index in [9.17, 15) is 14.4 Å². The standard InChI is InChI=1S/C28H30FN7O4/c29-23-16-36(26(38)17-37)7-6-25(23)40-24-5-4-20(13-21(24)14-30)27-31-18-32-28(34-27)33-22-3-1-2-19(12-22)15-35-8-10-39-11-9-35/h1-5,12-13,18,23,25,37H,6-11,15-17H2,(H,31,32,33,34). The number of morpholine rings is 1. The molecule has 5 rings (SSSR count). The Hall–Kier alpha value is -4.18. The van der Waals surface area contributed by atoms with Crippen LogP contribution in [0.15, 0.2) is 48.8 Å². The maximum atomic E-state index is 14.7. The lowest BCUT2D eigenvalue weighted by Gasteiger charge is -2.34. The number of aliphatic hydroxyl groups is 1. The number of carbonyl (C=O) groups excluding carboxylic acids is 1. The summed E-state index contributed by atoms with van der Waals surface area (Å²) in [6.07, 6.45) is -0.614. The number of alkyl halides is 1. The van der Waals surface area contributed by atoms with Gasteiger partial charge < -0.3 is 24.8 Å². The predicted molar refractivity (Wildman–Crippen MR) is 143 cm³/mol. The van der Waals surface area contributed by atoms with E-state index in [1.165, 1.54) is 11.2 Å². The maximum absolute atomic E-state index is 14.7. The minimum Gasteiger partial charge on any atom is -0.486 e. The topological polar surface area (TPSA) is 137 Å². The van der Waals surface area contributed by atoms with Crippen molar-refractivity contribution in [3.05, 3.63) is 59.9 Å². The van der Waals surface area contributed by atoms with Gasteiger partial charge in [-0.15, -0.1) is 0 Å². The molecule has 1 aromatic heterocycles. The van der Waals surface area contributed by atoms with Gasteiger partial charge in [0.2, 0.25) is 11.9 Å². The number of carbonyl (C=O) groups is 1. The first kappa shape index (κ1) is 27.4. The van der Waals surface area contributed by atoms with Gasteiger partial charge in [0.1, 0.15) is 30.9 Å². The molecule has 208 valence electrons. The van der Waals surface area contributed by atoms with Crippen molar-refractivity contribution in [2.75, 3.05) is 51.3 Å². The highest BCUT2D eigenvalue weighted by molar-refractivity contribution is 5.77. The molecule has 0 bridgehead atoms. The minimum absolute atomic E-state index is 0.166. The number of hydrogen-bond donors (Lipinski definition) is 2. The van der Waals surface area contributed by atoms with E-state index in [1.54, 1.807) is 18.2 Å². The molecule has 11 nitrogen and oxygen atoms in total. The number of likely N-dealkylation sites (tertiary alicyclic amines) is 1. The van der Waals surface area contributed by atoms with E-state index in [0.717, 1.165) is 44.1 Å². The van der Waals surface area contributed by atoms with Crippen molar-refractivity contribution in [2.45, 2.75) is 25.2 Å². The fourth-order valence-electron chi connectivity index (χ4n) is 4.75. The van der Waals surface area contributed by atoms with Crippen LogP contribution in [0.3, 0.4) is 0 Å². The highest BCUT2D eigenvalue weighted by Gasteiger charge is 2.33. The summed E-state index contributed by atoms with van der Waals surface area (Å²) in [4.78, 5) is 28.3. The van der Waals surface area contributed by atoms with Gasteiger partial charge in [-0.3, -0.25) is 9.69 Å². The summed E-state index contributed by atoms with van der Waals surface area (Å²) in [5.41, 5.74) is 2.80. The van der Waals surface area contributed by atoms with Crippen LogP contribution >= 0.6 is 0 Å². The van der Waals surface area contributed by atoms with Gasteiger partial charge in [0.25, 0.3) is 0 Å². The van der Waals surface area contributed by atoms with E-state index < -0.39 is 24.8 Å². The Morgan fingerprint density at radius 1 is 1.20 bits per heavy atom. The molecule has 12 heteroatoms. The number of nitrogens with zero attached hydrogens (tertiary/aromatic N) is 6. The molecule has 0 saturated carbocycles. The number of amides is 1. The fourth-order valence-corrected chi connectivity index (χ4v) is 4.75. The van der Waals surface area contributed by atoms with E-state index in [-0.39, 0.29) is 30.8 Å². The highest BCUT2D eigenvalue weighted by Crippen LogP contribution is 2.28. The zero-order chi connectivity index (χ0) is 27.9. The first-order valence-electron chi connectivity index (χ1n) is 13.1. The number of halogens is 1. The molecule has 2 aliphatic heterocycles. The van der Waals surface area contributed by atoms with E-state index in [2.05, 4.69) is 43.4 Å². The summed E-state index contributed by atoms with van der Waals surface area (Å²) < 4.78 is 26.0. The first-order chi connectivity index (χ1) is 19.5. The molecule has 3 aromatic rings. The molecular formula is C28H30FN7O4. The molecule has 40 heavy (non-hydrogen) atoms. The van der Waals surface area contributed by atoms with Crippen molar-refractivity contribution in [3.8, 4) is 23.2 Å². The third-order valence-electron chi connectivity index (χ3n) is 6.87. The van der Waals surface area contributed by atoms with Crippen LogP contribution in [0.5, 0.6) is 5.75 Å². The molecular weight excluding hydrogens is 517 g/mol. The number of benzene rings is 2. The lowest BCUT2D eigenvalue weighted by atomic mass is 10.0. The van der Waals surface area contributed by atoms with Gasteiger partial charge in [-0.2, -0.15) is 10.2 Å². The van der Waals surface area contributed by atoms with E-state index >= 15 is 0 Å². The first-order valence-corrected chi connectivity index (χ1v) is 13.1. The van der Waals surface area contributed by atoms with Crippen molar-refractivity contribution in [3.63, 3.8) is 0 Å².